The van der Waals surface area contributed by atoms with E-state index in [2.05, 4.69) is 11.3 Å². The molecule has 1 N–H and O–H groups in total. The van der Waals surface area contributed by atoms with Crippen LogP contribution in [0.2, 0.25) is 0 Å². The maximum absolute atomic E-state index is 12.6. The zero-order chi connectivity index (χ0) is 16.5. The zero-order valence-electron chi connectivity index (χ0n) is 13.1. The molecule has 0 saturated heterocycles. The van der Waals surface area contributed by atoms with E-state index in [9.17, 15) is 4.21 Å². The lowest BCUT2D eigenvalue weighted by molar-refractivity contribution is 0.414. The fraction of sp³-hybridized carbons (Fsp3) is 0.158. The van der Waals surface area contributed by atoms with Crippen LogP contribution in [0.1, 0.15) is 18.0 Å². The van der Waals surface area contributed by atoms with Crippen LogP contribution in [0.25, 0.3) is 0 Å². The summed E-state index contributed by atoms with van der Waals surface area (Å²) in [5.41, 5.74) is 1.10. The molecular weight excluding hydrogens is 306 g/mol. The van der Waals surface area contributed by atoms with E-state index in [1.54, 1.807) is 13.2 Å². The Morgan fingerprint density at radius 1 is 1.17 bits per heavy atom. The van der Waals surface area contributed by atoms with Crippen molar-refractivity contribution in [3.63, 3.8) is 0 Å². The average molecular weight is 327 g/mol. The summed E-state index contributed by atoms with van der Waals surface area (Å²) in [6, 6.07) is 17.2. The second-order valence-electron chi connectivity index (χ2n) is 4.92. The van der Waals surface area contributed by atoms with E-state index < -0.39 is 11.0 Å². The Balaban J connectivity index is 2.13. The number of hydrogen-bond acceptors (Lipinski definition) is 2. The highest BCUT2D eigenvalue weighted by Crippen LogP contribution is 2.20. The minimum atomic E-state index is -1.29. The maximum atomic E-state index is 12.6. The fourth-order valence-electron chi connectivity index (χ4n) is 2.15. The van der Waals surface area contributed by atoms with Crippen LogP contribution in [0.5, 0.6) is 5.75 Å². The number of benzene rings is 2. The van der Waals surface area contributed by atoms with Gasteiger partial charge in [-0.25, -0.2) is 8.93 Å². The lowest BCUT2D eigenvalue weighted by Gasteiger charge is -2.17. The summed E-state index contributed by atoms with van der Waals surface area (Å²) < 4.78 is 20.9. The van der Waals surface area contributed by atoms with Crippen LogP contribution in [0.4, 0.5) is 0 Å². The van der Waals surface area contributed by atoms with E-state index in [-0.39, 0.29) is 6.04 Å². The van der Waals surface area contributed by atoms with Crippen molar-refractivity contribution in [1.82, 2.24) is 4.72 Å². The topological polar surface area (TPSA) is 38.3 Å². The summed E-state index contributed by atoms with van der Waals surface area (Å²) in [5, 5.41) is 0. The first kappa shape index (κ1) is 17.2. The average Bonchev–Trinajstić information content (AvgIpc) is 2.61. The highest BCUT2D eigenvalue weighted by molar-refractivity contribution is 7.83. The van der Waals surface area contributed by atoms with Crippen LogP contribution < -0.4 is 9.46 Å². The van der Waals surface area contributed by atoms with Gasteiger partial charge in [-0.15, -0.1) is 0 Å². The van der Waals surface area contributed by atoms with Crippen molar-refractivity contribution in [3.8, 4) is 5.75 Å². The van der Waals surface area contributed by atoms with Crippen molar-refractivity contribution in [2.24, 2.45) is 0 Å². The van der Waals surface area contributed by atoms with Gasteiger partial charge in [0.15, 0.2) is 0 Å². The van der Waals surface area contributed by atoms with Gasteiger partial charge in [0, 0.05) is 6.04 Å². The Labute approximate surface area is 140 Å². The number of allylic oxidation sites excluding steroid dienone is 2. The summed E-state index contributed by atoms with van der Waals surface area (Å²) in [6.45, 7) is 3.68. The Morgan fingerprint density at radius 3 is 2.48 bits per heavy atom. The minimum Gasteiger partial charge on any atom is -0.497 e. The van der Waals surface area contributed by atoms with Gasteiger partial charge in [0.2, 0.25) is 0 Å². The molecule has 0 fully saturated rings. The van der Waals surface area contributed by atoms with Crippen molar-refractivity contribution in [3.05, 3.63) is 85.0 Å². The second kappa shape index (κ2) is 9.08. The third kappa shape index (κ3) is 5.20. The van der Waals surface area contributed by atoms with Gasteiger partial charge in [-0.05, 0) is 36.2 Å². The first-order chi connectivity index (χ1) is 11.2. The number of nitrogens with one attached hydrogen (secondary N) is 1. The molecule has 0 amide bonds. The van der Waals surface area contributed by atoms with Crippen molar-refractivity contribution in [1.29, 1.82) is 0 Å². The standard InChI is InChI=1S/C19H21NO2S/c1-3-4-6-11-19(16-9-7-5-8-10-16)20-23(21)18-14-12-17(22-2)13-15-18/h3-10,12-15,19-20H,1,11H2,2H3/b6-4+. The molecule has 3 nitrogen and oxygen atoms in total. The predicted molar refractivity (Wildman–Crippen MR) is 95.7 cm³/mol. The number of ether oxygens (including phenoxy) is 1. The molecule has 0 aliphatic rings. The summed E-state index contributed by atoms with van der Waals surface area (Å²) in [4.78, 5) is 0.722. The molecule has 2 aromatic rings. The fourth-order valence-corrected chi connectivity index (χ4v) is 3.16. The summed E-state index contributed by atoms with van der Waals surface area (Å²) >= 11 is 0. The highest BCUT2D eigenvalue weighted by atomic mass is 32.2. The van der Waals surface area contributed by atoms with Crippen molar-refractivity contribution >= 4 is 11.0 Å². The van der Waals surface area contributed by atoms with Crippen LogP contribution in [0, 0.1) is 0 Å². The van der Waals surface area contributed by atoms with Gasteiger partial charge < -0.3 is 4.74 Å². The molecule has 2 atom stereocenters. The lowest BCUT2D eigenvalue weighted by Crippen LogP contribution is -2.23. The molecule has 0 heterocycles. The van der Waals surface area contributed by atoms with E-state index in [1.807, 2.05) is 66.7 Å². The molecule has 2 rings (SSSR count). The molecule has 0 spiro atoms. The maximum Gasteiger partial charge on any atom is 0.125 e. The Hall–Kier alpha value is -2.17. The molecule has 0 radical (unpaired) electrons. The molecule has 0 saturated carbocycles. The van der Waals surface area contributed by atoms with Gasteiger partial charge in [-0.3, -0.25) is 0 Å². The summed E-state index contributed by atoms with van der Waals surface area (Å²) in [5.74, 6) is 0.749. The van der Waals surface area contributed by atoms with Gasteiger partial charge in [-0.2, -0.15) is 0 Å². The molecule has 0 aliphatic heterocycles. The number of hydrogen-bond donors (Lipinski definition) is 1. The van der Waals surface area contributed by atoms with Gasteiger partial charge in [0.1, 0.15) is 16.7 Å². The van der Waals surface area contributed by atoms with Gasteiger partial charge in [-0.1, -0.05) is 55.1 Å². The van der Waals surface area contributed by atoms with E-state index in [1.165, 1.54) is 0 Å². The van der Waals surface area contributed by atoms with Crippen molar-refractivity contribution in [2.45, 2.75) is 17.4 Å². The zero-order valence-corrected chi connectivity index (χ0v) is 14.0. The Kier molecular flexibility index (Phi) is 6.78. The van der Waals surface area contributed by atoms with E-state index in [4.69, 9.17) is 4.74 Å². The molecule has 120 valence electrons. The lowest BCUT2D eigenvalue weighted by atomic mass is 10.0. The third-order valence-corrected chi connectivity index (χ3v) is 4.57. The molecule has 0 aliphatic carbocycles. The smallest absolute Gasteiger partial charge is 0.125 e. The van der Waals surface area contributed by atoms with Crippen LogP contribution in [-0.2, 0) is 11.0 Å². The van der Waals surface area contributed by atoms with Crippen LogP contribution in [0.3, 0.4) is 0 Å². The summed E-state index contributed by atoms with van der Waals surface area (Å²) in [7, 11) is 0.318. The van der Waals surface area contributed by atoms with E-state index >= 15 is 0 Å². The van der Waals surface area contributed by atoms with E-state index in [0.29, 0.717) is 0 Å². The van der Waals surface area contributed by atoms with Crippen molar-refractivity contribution < 1.29 is 8.95 Å². The SMILES string of the molecule is C=C/C=C/CC(NS(=O)c1ccc(OC)cc1)c1ccccc1. The molecule has 23 heavy (non-hydrogen) atoms. The largest absolute Gasteiger partial charge is 0.497 e. The van der Waals surface area contributed by atoms with Crippen LogP contribution in [0.15, 0.2) is 84.3 Å². The first-order valence-electron chi connectivity index (χ1n) is 7.39. The molecule has 4 heteroatoms. The molecule has 2 unspecified atom stereocenters. The van der Waals surface area contributed by atoms with Gasteiger partial charge in [0.25, 0.3) is 0 Å². The third-order valence-electron chi connectivity index (χ3n) is 3.37. The second-order valence-corrected chi connectivity index (χ2v) is 6.17. The molecule has 2 aromatic carbocycles. The van der Waals surface area contributed by atoms with E-state index in [0.717, 1.165) is 22.6 Å². The Bertz CT molecular complexity index is 666. The highest BCUT2D eigenvalue weighted by Gasteiger charge is 2.14. The predicted octanol–water partition coefficient (Wildman–Crippen LogP) is 4.18. The molecule has 0 aromatic heterocycles. The van der Waals surface area contributed by atoms with Crippen LogP contribution >= 0.6 is 0 Å². The number of methoxy groups -OCH3 is 1. The monoisotopic (exact) mass is 327 g/mol. The number of rotatable bonds is 8. The molecule has 0 bridgehead atoms. The Morgan fingerprint density at radius 2 is 1.87 bits per heavy atom. The van der Waals surface area contributed by atoms with Crippen molar-refractivity contribution in [2.75, 3.05) is 7.11 Å². The van der Waals surface area contributed by atoms with Gasteiger partial charge in [0.05, 0.1) is 12.0 Å². The van der Waals surface area contributed by atoms with Crippen LogP contribution in [-0.4, -0.2) is 11.3 Å². The quantitative estimate of drug-likeness (QED) is 0.739. The summed E-state index contributed by atoms with van der Waals surface area (Å²) in [6.07, 6.45) is 6.39. The normalized spacial score (nSPS) is 13.6. The first-order valence-corrected chi connectivity index (χ1v) is 8.54. The molecular formula is C19H21NO2S. The van der Waals surface area contributed by atoms with Gasteiger partial charge >= 0.3 is 0 Å². The minimum absolute atomic E-state index is 0.0321.